The van der Waals surface area contributed by atoms with Gasteiger partial charge in [0.15, 0.2) is 5.82 Å². The average Bonchev–Trinajstić information content (AvgIpc) is 3.03. The minimum Gasteiger partial charge on any atom is -0.356 e. The van der Waals surface area contributed by atoms with Gasteiger partial charge < -0.3 is 10.3 Å². The SMILES string of the molecule is Cc1c(Cl)cccc1-c1nccc(-c2cc3c([nH]2)CCNC3=O)n1. The maximum absolute atomic E-state index is 11.9. The fraction of sp³-hybridized carbons (Fsp3) is 0.167. The van der Waals surface area contributed by atoms with Gasteiger partial charge in [-0.25, -0.2) is 9.97 Å². The second-order valence-corrected chi connectivity index (χ2v) is 6.17. The van der Waals surface area contributed by atoms with E-state index >= 15 is 0 Å². The van der Waals surface area contributed by atoms with Gasteiger partial charge in [-0.1, -0.05) is 23.7 Å². The largest absolute Gasteiger partial charge is 0.356 e. The number of benzene rings is 1. The topological polar surface area (TPSA) is 70.7 Å². The second kappa shape index (κ2) is 5.76. The highest BCUT2D eigenvalue weighted by molar-refractivity contribution is 6.31. The molecule has 3 heterocycles. The Hall–Kier alpha value is -2.66. The number of fused-ring (bicyclic) bond motifs is 1. The lowest BCUT2D eigenvalue weighted by molar-refractivity contribution is 0.0946. The minimum atomic E-state index is -0.0429. The van der Waals surface area contributed by atoms with Crippen molar-refractivity contribution in [3.05, 3.63) is 58.4 Å². The summed E-state index contributed by atoms with van der Waals surface area (Å²) in [6.45, 7) is 2.61. The molecule has 0 saturated carbocycles. The van der Waals surface area contributed by atoms with E-state index in [2.05, 4.69) is 20.3 Å². The smallest absolute Gasteiger partial charge is 0.253 e. The van der Waals surface area contributed by atoms with Crippen LogP contribution in [0.3, 0.4) is 0 Å². The highest BCUT2D eigenvalue weighted by Crippen LogP contribution is 2.28. The van der Waals surface area contributed by atoms with E-state index in [1.54, 1.807) is 6.20 Å². The number of aromatic nitrogens is 3. The van der Waals surface area contributed by atoms with Crippen LogP contribution in [0.2, 0.25) is 5.02 Å². The number of nitrogens with one attached hydrogen (secondary N) is 2. The van der Waals surface area contributed by atoms with Crippen LogP contribution >= 0.6 is 11.6 Å². The lowest BCUT2D eigenvalue weighted by Crippen LogP contribution is -2.31. The number of rotatable bonds is 2. The molecule has 6 heteroatoms. The van der Waals surface area contributed by atoms with Crippen LogP contribution in [0.5, 0.6) is 0 Å². The summed E-state index contributed by atoms with van der Waals surface area (Å²) in [5, 5.41) is 3.54. The molecule has 2 aromatic heterocycles. The van der Waals surface area contributed by atoms with Gasteiger partial charge >= 0.3 is 0 Å². The van der Waals surface area contributed by atoms with E-state index in [0.29, 0.717) is 23.0 Å². The van der Waals surface area contributed by atoms with Crippen molar-refractivity contribution in [1.82, 2.24) is 20.3 Å². The molecule has 1 amide bonds. The number of hydrogen-bond donors (Lipinski definition) is 2. The van der Waals surface area contributed by atoms with Crippen molar-refractivity contribution < 1.29 is 4.79 Å². The number of amides is 1. The van der Waals surface area contributed by atoms with Crippen LogP contribution < -0.4 is 5.32 Å². The normalized spacial score (nSPS) is 13.5. The molecule has 4 rings (SSSR count). The summed E-state index contributed by atoms with van der Waals surface area (Å²) in [4.78, 5) is 24.3. The van der Waals surface area contributed by atoms with Crippen molar-refractivity contribution in [1.29, 1.82) is 0 Å². The van der Waals surface area contributed by atoms with Crippen LogP contribution in [0.1, 0.15) is 21.6 Å². The van der Waals surface area contributed by atoms with E-state index in [0.717, 1.165) is 34.6 Å². The first-order valence-electron chi connectivity index (χ1n) is 7.72. The number of carbonyl (C=O) groups excluding carboxylic acids is 1. The highest BCUT2D eigenvalue weighted by Gasteiger charge is 2.20. The first kappa shape index (κ1) is 14.9. The Kier molecular flexibility index (Phi) is 3.58. The van der Waals surface area contributed by atoms with Gasteiger partial charge in [0.2, 0.25) is 0 Å². The molecule has 0 radical (unpaired) electrons. The Morgan fingerprint density at radius 2 is 2.08 bits per heavy atom. The monoisotopic (exact) mass is 338 g/mol. The Bertz CT molecular complexity index is 948. The van der Waals surface area contributed by atoms with Crippen LogP contribution in [-0.4, -0.2) is 27.4 Å². The van der Waals surface area contributed by atoms with Crippen LogP contribution in [0.4, 0.5) is 0 Å². The zero-order valence-electron chi connectivity index (χ0n) is 13.1. The number of carbonyl (C=O) groups is 1. The molecule has 0 atom stereocenters. The average molecular weight is 339 g/mol. The van der Waals surface area contributed by atoms with Crippen molar-refractivity contribution >= 4 is 17.5 Å². The molecular weight excluding hydrogens is 324 g/mol. The Morgan fingerprint density at radius 3 is 2.92 bits per heavy atom. The lowest BCUT2D eigenvalue weighted by Gasteiger charge is -2.10. The lowest BCUT2D eigenvalue weighted by atomic mass is 10.1. The molecule has 3 aromatic rings. The number of H-pyrrole nitrogens is 1. The van der Waals surface area contributed by atoms with Gasteiger partial charge in [0.1, 0.15) is 0 Å². The zero-order valence-corrected chi connectivity index (χ0v) is 13.8. The maximum Gasteiger partial charge on any atom is 0.253 e. The summed E-state index contributed by atoms with van der Waals surface area (Å²) < 4.78 is 0. The molecule has 1 aliphatic heterocycles. The first-order chi connectivity index (χ1) is 11.6. The number of hydrogen-bond acceptors (Lipinski definition) is 3. The van der Waals surface area contributed by atoms with Crippen molar-refractivity contribution in [2.24, 2.45) is 0 Å². The summed E-state index contributed by atoms with van der Waals surface area (Å²) in [6.07, 6.45) is 2.52. The molecule has 2 N–H and O–H groups in total. The predicted molar refractivity (Wildman–Crippen MR) is 93.0 cm³/mol. The number of aromatic amines is 1. The summed E-state index contributed by atoms with van der Waals surface area (Å²) >= 11 is 6.20. The molecule has 0 spiro atoms. The molecule has 5 nitrogen and oxygen atoms in total. The summed E-state index contributed by atoms with van der Waals surface area (Å²) in [5.41, 5.74) is 5.06. The number of halogens is 1. The quantitative estimate of drug-likeness (QED) is 0.752. The molecule has 0 aliphatic carbocycles. The molecule has 0 fully saturated rings. The molecule has 24 heavy (non-hydrogen) atoms. The number of nitrogens with zero attached hydrogens (tertiary/aromatic N) is 2. The molecule has 1 aromatic carbocycles. The fourth-order valence-electron chi connectivity index (χ4n) is 2.92. The van der Waals surface area contributed by atoms with Gasteiger partial charge in [0.05, 0.1) is 17.0 Å². The van der Waals surface area contributed by atoms with E-state index in [1.807, 2.05) is 37.3 Å². The second-order valence-electron chi connectivity index (χ2n) is 5.76. The fourth-order valence-corrected chi connectivity index (χ4v) is 3.09. The van der Waals surface area contributed by atoms with E-state index in [1.165, 1.54) is 0 Å². The molecule has 0 unspecified atom stereocenters. The summed E-state index contributed by atoms with van der Waals surface area (Å²) in [6, 6.07) is 9.37. The van der Waals surface area contributed by atoms with E-state index in [4.69, 9.17) is 11.6 Å². The third-order valence-corrected chi connectivity index (χ3v) is 4.65. The molecule has 0 bridgehead atoms. The van der Waals surface area contributed by atoms with Gasteiger partial charge in [0, 0.05) is 35.4 Å². The molecule has 0 saturated heterocycles. The van der Waals surface area contributed by atoms with Crippen molar-refractivity contribution in [3.8, 4) is 22.8 Å². The van der Waals surface area contributed by atoms with Crippen LogP contribution in [0.15, 0.2) is 36.5 Å². The minimum absolute atomic E-state index is 0.0429. The standard InChI is InChI=1S/C18H15ClN4O/c1-10-11(3-2-4-13(10)19)17-20-7-6-15(23-17)16-9-12-14(22-16)5-8-21-18(12)24/h2-4,6-7,9,22H,5,8H2,1H3,(H,21,24). The Morgan fingerprint density at radius 1 is 1.21 bits per heavy atom. The molecule has 1 aliphatic rings. The summed E-state index contributed by atoms with van der Waals surface area (Å²) in [7, 11) is 0. The van der Waals surface area contributed by atoms with Crippen LogP contribution in [0.25, 0.3) is 22.8 Å². The van der Waals surface area contributed by atoms with E-state index in [9.17, 15) is 4.79 Å². The highest BCUT2D eigenvalue weighted by atomic mass is 35.5. The van der Waals surface area contributed by atoms with E-state index in [-0.39, 0.29) is 5.91 Å². The first-order valence-corrected chi connectivity index (χ1v) is 8.10. The van der Waals surface area contributed by atoms with Gasteiger partial charge in [0.25, 0.3) is 5.91 Å². The van der Waals surface area contributed by atoms with Crippen LogP contribution in [0, 0.1) is 6.92 Å². The van der Waals surface area contributed by atoms with E-state index < -0.39 is 0 Å². The predicted octanol–water partition coefficient (Wildman–Crippen LogP) is 3.39. The maximum atomic E-state index is 11.9. The van der Waals surface area contributed by atoms with Gasteiger partial charge in [-0.15, -0.1) is 0 Å². The third kappa shape index (κ3) is 2.47. The van der Waals surface area contributed by atoms with Crippen molar-refractivity contribution in [2.45, 2.75) is 13.3 Å². The zero-order chi connectivity index (χ0) is 16.7. The van der Waals surface area contributed by atoms with Crippen LogP contribution in [-0.2, 0) is 6.42 Å². The summed E-state index contributed by atoms with van der Waals surface area (Å²) in [5.74, 6) is 0.572. The Labute approximate surface area is 144 Å². The molecule has 120 valence electrons. The van der Waals surface area contributed by atoms with Crippen molar-refractivity contribution in [3.63, 3.8) is 0 Å². The molecular formula is C18H15ClN4O. The third-order valence-electron chi connectivity index (χ3n) is 4.24. The van der Waals surface area contributed by atoms with Gasteiger partial charge in [-0.3, -0.25) is 4.79 Å². The van der Waals surface area contributed by atoms with Gasteiger partial charge in [-0.2, -0.15) is 0 Å². The Balaban J connectivity index is 1.78. The van der Waals surface area contributed by atoms with Crippen molar-refractivity contribution in [2.75, 3.05) is 6.54 Å². The van der Waals surface area contributed by atoms with Gasteiger partial charge in [-0.05, 0) is 30.7 Å².